The maximum Gasteiger partial charge on any atom is 0.119 e. The van der Waals surface area contributed by atoms with E-state index < -0.39 is 6.10 Å². The summed E-state index contributed by atoms with van der Waals surface area (Å²) >= 11 is 1.71. The fraction of sp³-hybridized carbons (Fsp3) is 0.300. The van der Waals surface area contributed by atoms with Crippen LogP contribution in [0.25, 0.3) is 11.3 Å². The van der Waals surface area contributed by atoms with Crippen molar-refractivity contribution in [1.82, 2.24) is 15.3 Å². The van der Waals surface area contributed by atoms with Crippen LogP contribution in [0.1, 0.15) is 21.6 Å². The Kier molecular flexibility index (Phi) is 6.33. The van der Waals surface area contributed by atoms with Crippen molar-refractivity contribution in [2.24, 2.45) is 0 Å². The molecule has 0 aliphatic carbocycles. The first-order chi connectivity index (χ1) is 12.6. The molecule has 0 amide bonds. The molecule has 2 heterocycles. The van der Waals surface area contributed by atoms with Gasteiger partial charge in [-0.05, 0) is 44.2 Å². The van der Waals surface area contributed by atoms with Crippen LogP contribution in [0, 0.1) is 13.8 Å². The third-order valence-corrected chi connectivity index (χ3v) is 4.87. The van der Waals surface area contributed by atoms with Crippen LogP contribution >= 0.6 is 11.3 Å². The Hall–Kier alpha value is -2.28. The molecule has 0 fully saturated rings. The minimum atomic E-state index is -0.562. The number of nitrogens with one attached hydrogen (secondary N) is 1. The number of benzene rings is 1. The minimum absolute atomic E-state index is 0.469. The molecule has 1 atom stereocenters. The third-order valence-electron chi connectivity index (χ3n) is 3.99. The van der Waals surface area contributed by atoms with E-state index in [1.807, 2.05) is 43.3 Å². The molecule has 0 spiro atoms. The number of rotatable bonds is 8. The van der Waals surface area contributed by atoms with E-state index in [9.17, 15) is 5.11 Å². The fourth-order valence-electron chi connectivity index (χ4n) is 2.68. The predicted molar refractivity (Wildman–Crippen MR) is 105 cm³/mol. The summed E-state index contributed by atoms with van der Waals surface area (Å²) in [6, 6.07) is 11.7. The molecule has 2 aromatic heterocycles. The standard InChI is InChI=1S/C20H23N3O2S/c1-14-20(23-15(2)26-14)16-5-7-18(8-6-16)25-11-10-22-13-19(24)17-4-3-9-21-12-17/h3-9,12,19,22,24H,10-11,13H2,1-2H3/t19-/m0/s1. The summed E-state index contributed by atoms with van der Waals surface area (Å²) in [4.78, 5) is 9.82. The lowest BCUT2D eigenvalue weighted by molar-refractivity contribution is 0.171. The number of ether oxygens (including phenoxy) is 1. The number of aromatic nitrogens is 2. The van der Waals surface area contributed by atoms with Crippen LogP contribution in [0.4, 0.5) is 0 Å². The van der Waals surface area contributed by atoms with Gasteiger partial charge < -0.3 is 15.2 Å². The van der Waals surface area contributed by atoms with E-state index in [1.165, 1.54) is 4.88 Å². The van der Waals surface area contributed by atoms with Gasteiger partial charge in [-0.25, -0.2) is 4.98 Å². The third kappa shape index (κ3) is 4.88. The number of hydrogen-bond acceptors (Lipinski definition) is 6. The minimum Gasteiger partial charge on any atom is -0.492 e. The van der Waals surface area contributed by atoms with Crippen molar-refractivity contribution in [3.8, 4) is 17.0 Å². The van der Waals surface area contributed by atoms with Gasteiger partial charge >= 0.3 is 0 Å². The molecule has 3 rings (SSSR count). The Bertz CT molecular complexity index is 819. The number of aryl methyl sites for hydroxylation is 2. The summed E-state index contributed by atoms with van der Waals surface area (Å²) < 4.78 is 5.75. The van der Waals surface area contributed by atoms with E-state index in [0.717, 1.165) is 27.6 Å². The number of thiazole rings is 1. The summed E-state index contributed by atoms with van der Waals surface area (Å²) in [6.45, 7) is 5.78. The van der Waals surface area contributed by atoms with Gasteiger partial charge in [-0.2, -0.15) is 0 Å². The lowest BCUT2D eigenvalue weighted by Crippen LogP contribution is -2.26. The Balaban J connectivity index is 1.42. The number of aliphatic hydroxyl groups excluding tert-OH is 1. The van der Waals surface area contributed by atoms with Gasteiger partial charge in [0.25, 0.3) is 0 Å². The Labute approximate surface area is 157 Å². The maximum absolute atomic E-state index is 10.1. The van der Waals surface area contributed by atoms with Crippen molar-refractivity contribution in [2.45, 2.75) is 20.0 Å². The molecular weight excluding hydrogens is 346 g/mol. The molecule has 3 aromatic rings. The largest absolute Gasteiger partial charge is 0.492 e. The van der Waals surface area contributed by atoms with Crippen molar-refractivity contribution < 1.29 is 9.84 Å². The normalized spacial score (nSPS) is 12.1. The van der Waals surface area contributed by atoms with Crippen molar-refractivity contribution in [2.75, 3.05) is 19.7 Å². The van der Waals surface area contributed by atoms with Crippen LogP contribution in [0.15, 0.2) is 48.8 Å². The number of nitrogens with zero attached hydrogens (tertiary/aromatic N) is 2. The van der Waals surface area contributed by atoms with Crippen LogP contribution in [0.3, 0.4) is 0 Å². The summed E-state index contributed by atoms with van der Waals surface area (Å²) in [5, 5.41) is 14.3. The summed E-state index contributed by atoms with van der Waals surface area (Å²) in [5.74, 6) is 0.827. The highest BCUT2D eigenvalue weighted by Crippen LogP contribution is 2.28. The van der Waals surface area contributed by atoms with Gasteiger partial charge in [0.1, 0.15) is 12.4 Å². The molecule has 5 nitrogen and oxygen atoms in total. The lowest BCUT2D eigenvalue weighted by atomic mass is 10.1. The average Bonchev–Trinajstić information content (AvgIpc) is 3.00. The van der Waals surface area contributed by atoms with Gasteiger partial charge in [0.2, 0.25) is 0 Å². The molecule has 26 heavy (non-hydrogen) atoms. The van der Waals surface area contributed by atoms with Crippen LogP contribution < -0.4 is 10.1 Å². The SMILES string of the molecule is Cc1nc(-c2ccc(OCCNC[C@H](O)c3cccnc3)cc2)c(C)s1. The van der Waals surface area contributed by atoms with Crippen LogP contribution in [0.5, 0.6) is 5.75 Å². The van der Waals surface area contributed by atoms with Gasteiger partial charge in [-0.3, -0.25) is 4.98 Å². The summed E-state index contributed by atoms with van der Waals surface area (Å²) in [7, 11) is 0. The average molecular weight is 369 g/mol. The Morgan fingerprint density at radius 3 is 2.65 bits per heavy atom. The summed E-state index contributed by atoms with van der Waals surface area (Å²) in [5.41, 5.74) is 2.96. The van der Waals surface area contributed by atoms with Gasteiger partial charge in [0, 0.05) is 41.5 Å². The topological polar surface area (TPSA) is 67.3 Å². The first kappa shape index (κ1) is 18.5. The van der Waals surface area contributed by atoms with Gasteiger partial charge in [-0.1, -0.05) is 6.07 Å². The lowest BCUT2D eigenvalue weighted by Gasteiger charge is -2.12. The molecule has 0 unspecified atom stereocenters. The molecule has 136 valence electrons. The monoisotopic (exact) mass is 369 g/mol. The Morgan fingerprint density at radius 1 is 1.19 bits per heavy atom. The van der Waals surface area contributed by atoms with Crippen LogP contribution in [-0.4, -0.2) is 34.8 Å². The second-order valence-corrected chi connectivity index (χ2v) is 7.42. The molecule has 0 aliphatic heterocycles. The smallest absolute Gasteiger partial charge is 0.119 e. The molecule has 0 radical (unpaired) electrons. The van der Waals surface area contributed by atoms with E-state index in [1.54, 1.807) is 23.7 Å². The number of aliphatic hydroxyl groups is 1. The second kappa shape index (κ2) is 8.89. The van der Waals surface area contributed by atoms with Crippen molar-refractivity contribution in [3.05, 3.63) is 64.2 Å². The van der Waals surface area contributed by atoms with Crippen molar-refractivity contribution in [3.63, 3.8) is 0 Å². The van der Waals surface area contributed by atoms with Crippen molar-refractivity contribution in [1.29, 1.82) is 0 Å². The number of hydrogen-bond donors (Lipinski definition) is 2. The fourth-order valence-corrected chi connectivity index (χ4v) is 3.52. The quantitative estimate of drug-likeness (QED) is 0.595. The van der Waals surface area contributed by atoms with E-state index in [2.05, 4.69) is 22.2 Å². The number of pyridine rings is 1. The maximum atomic E-state index is 10.1. The predicted octanol–water partition coefficient (Wildman–Crippen LogP) is 3.52. The molecular formula is C20H23N3O2S. The zero-order valence-corrected chi connectivity index (χ0v) is 15.8. The Morgan fingerprint density at radius 2 is 2.00 bits per heavy atom. The van der Waals surface area contributed by atoms with Crippen LogP contribution in [-0.2, 0) is 0 Å². The van der Waals surface area contributed by atoms with E-state index in [4.69, 9.17) is 4.74 Å². The van der Waals surface area contributed by atoms with Gasteiger partial charge in [-0.15, -0.1) is 11.3 Å². The van der Waals surface area contributed by atoms with Crippen LogP contribution in [0.2, 0.25) is 0 Å². The van der Waals surface area contributed by atoms with E-state index in [0.29, 0.717) is 19.7 Å². The van der Waals surface area contributed by atoms with Crippen molar-refractivity contribution >= 4 is 11.3 Å². The van der Waals surface area contributed by atoms with Gasteiger partial charge in [0.15, 0.2) is 0 Å². The highest BCUT2D eigenvalue weighted by Gasteiger charge is 2.08. The second-order valence-electron chi connectivity index (χ2n) is 6.02. The van der Waals surface area contributed by atoms with E-state index in [-0.39, 0.29) is 0 Å². The summed E-state index contributed by atoms with van der Waals surface area (Å²) in [6.07, 6.45) is 2.81. The molecule has 6 heteroatoms. The molecule has 0 saturated heterocycles. The zero-order chi connectivity index (χ0) is 18.4. The molecule has 2 N–H and O–H groups in total. The highest BCUT2D eigenvalue weighted by molar-refractivity contribution is 7.11. The molecule has 1 aromatic carbocycles. The first-order valence-electron chi connectivity index (χ1n) is 8.59. The van der Waals surface area contributed by atoms with Gasteiger partial charge in [0.05, 0.1) is 16.8 Å². The molecule has 0 bridgehead atoms. The highest BCUT2D eigenvalue weighted by atomic mass is 32.1. The first-order valence-corrected chi connectivity index (χ1v) is 9.41. The zero-order valence-electron chi connectivity index (χ0n) is 15.0. The molecule has 0 aliphatic rings. The van der Waals surface area contributed by atoms with E-state index >= 15 is 0 Å². The molecule has 0 saturated carbocycles.